The van der Waals surface area contributed by atoms with Gasteiger partial charge in [-0.25, -0.2) is 0 Å². The molecule has 0 spiro atoms. The number of nitriles is 1. The smallest absolute Gasteiger partial charge is 0.250 e. The van der Waals surface area contributed by atoms with E-state index in [9.17, 15) is 4.79 Å². The summed E-state index contributed by atoms with van der Waals surface area (Å²) in [5.41, 5.74) is 2.01. The summed E-state index contributed by atoms with van der Waals surface area (Å²) in [6.07, 6.45) is -0.341. The van der Waals surface area contributed by atoms with Crippen molar-refractivity contribution in [2.45, 2.75) is 32.5 Å². The van der Waals surface area contributed by atoms with Gasteiger partial charge >= 0.3 is 0 Å². The lowest BCUT2D eigenvalue weighted by molar-refractivity contribution is -0.136. The normalized spacial score (nSPS) is 13.2. The molecule has 0 fully saturated rings. The van der Waals surface area contributed by atoms with Crippen LogP contribution in [0, 0.1) is 17.2 Å². The van der Waals surface area contributed by atoms with Crippen LogP contribution < -0.4 is 5.32 Å². The highest BCUT2D eigenvalue weighted by molar-refractivity contribution is 9.10. The molecule has 0 aliphatic carbocycles. The molecule has 1 N–H and O–H groups in total. The van der Waals surface area contributed by atoms with Crippen molar-refractivity contribution < 1.29 is 9.53 Å². The Morgan fingerprint density at radius 3 is 2.56 bits per heavy atom. The highest BCUT2D eigenvalue weighted by atomic mass is 79.9. The number of nitrogens with one attached hydrogen (secondary N) is 1. The van der Waals surface area contributed by atoms with E-state index in [0.29, 0.717) is 12.3 Å². The molecule has 1 amide bonds. The van der Waals surface area contributed by atoms with E-state index in [1.807, 2.05) is 61.0 Å². The summed E-state index contributed by atoms with van der Waals surface area (Å²) in [5, 5.41) is 15.4. The van der Waals surface area contributed by atoms with Crippen LogP contribution in [0.2, 0.25) is 0 Å². The molecule has 1 heterocycles. The number of carbonyl (C=O) groups excluding carboxylic acids is 1. The van der Waals surface area contributed by atoms with Gasteiger partial charge in [0.15, 0.2) is 0 Å². The molecular formula is C19H21BrN2O2S. The van der Waals surface area contributed by atoms with Crippen LogP contribution in [-0.2, 0) is 9.53 Å². The summed E-state index contributed by atoms with van der Waals surface area (Å²) in [5.74, 6) is 0.0541. The molecule has 0 radical (unpaired) electrons. The van der Waals surface area contributed by atoms with Gasteiger partial charge in [0.05, 0.1) is 6.07 Å². The third-order valence-electron chi connectivity index (χ3n) is 3.64. The second-order valence-electron chi connectivity index (χ2n) is 6.12. The van der Waals surface area contributed by atoms with Gasteiger partial charge in [-0.2, -0.15) is 16.6 Å². The van der Waals surface area contributed by atoms with E-state index in [-0.39, 0.29) is 18.6 Å². The maximum absolute atomic E-state index is 12.4. The minimum atomic E-state index is -0.609. The van der Waals surface area contributed by atoms with Gasteiger partial charge in [0.1, 0.15) is 18.8 Å². The molecule has 0 unspecified atom stereocenters. The lowest BCUT2D eigenvalue weighted by Crippen LogP contribution is -2.38. The second kappa shape index (κ2) is 9.71. The number of hydrogen-bond donors (Lipinski definition) is 1. The predicted octanol–water partition coefficient (Wildman–Crippen LogP) is 4.67. The first kappa shape index (κ1) is 19.6. The fourth-order valence-electron chi connectivity index (χ4n) is 2.47. The Bertz CT molecular complexity index is 708. The van der Waals surface area contributed by atoms with E-state index in [2.05, 4.69) is 21.2 Å². The maximum Gasteiger partial charge on any atom is 0.250 e. The molecule has 0 saturated carbocycles. The minimum Gasteiger partial charge on any atom is -0.356 e. The van der Waals surface area contributed by atoms with Crippen molar-refractivity contribution in [2.24, 2.45) is 5.92 Å². The summed E-state index contributed by atoms with van der Waals surface area (Å²) < 4.78 is 7.25. The second-order valence-corrected chi connectivity index (χ2v) is 7.81. The molecule has 0 aliphatic rings. The quantitative estimate of drug-likeness (QED) is 0.630. The van der Waals surface area contributed by atoms with Gasteiger partial charge in [-0.05, 0) is 52.4 Å². The zero-order valence-corrected chi connectivity index (χ0v) is 16.6. The summed E-state index contributed by atoms with van der Waals surface area (Å²) in [4.78, 5) is 12.4. The van der Waals surface area contributed by atoms with Crippen LogP contribution in [0.3, 0.4) is 0 Å². The summed E-state index contributed by atoms with van der Waals surface area (Å²) in [6.45, 7) is 4.08. The van der Waals surface area contributed by atoms with Crippen LogP contribution in [0.25, 0.3) is 0 Å². The number of thiophene rings is 1. The number of carbonyl (C=O) groups is 1. The number of halogens is 1. The van der Waals surface area contributed by atoms with Gasteiger partial charge in [-0.1, -0.05) is 41.9 Å². The van der Waals surface area contributed by atoms with E-state index in [0.717, 1.165) is 15.6 Å². The first-order chi connectivity index (χ1) is 12.0. The lowest BCUT2D eigenvalue weighted by Gasteiger charge is -2.25. The number of nitrogens with zero attached hydrogens (tertiary/aromatic N) is 1. The van der Waals surface area contributed by atoms with Crippen LogP contribution in [0.15, 0.2) is 45.6 Å². The standard InChI is InChI=1S/C19H21BrN2O2S/c1-13(2)11-17(19(23)22-9-8-21)24-18(15-7-10-25-12-15)14-3-5-16(20)6-4-14/h3-7,10,12-13,17-18H,9,11H2,1-2H3,(H,22,23)/t17-,18-/m0/s1. The fraction of sp³-hybridized carbons (Fsp3) is 0.368. The van der Waals surface area contributed by atoms with Crippen LogP contribution >= 0.6 is 27.3 Å². The van der Waals surface area contributed by atoms with Gasteiger partial charge in [-0.3, -0.25) is 4.79 Å². The molecule has 0 saturated heterocycles. The van der Waals surface area contributed by atoms with E-state index in [1.54, 1.807) is 11.3 Å². The number of benzene rings is 1. The number of hydrogen-bond acceptors (Lipinski definition) is 4. The third kappa shape index (κ3) is 5.96. The number of amides is 1. The summed E-state index contributed by atoms with van der Waals surface area (Å²) in [7, 11) is 0. The van der Waals surface area contributed by atoms with Gasteiger partial charge in [0, 0.05) is 4.47 Å². The molecule has 2 atom stereocenters. The molecular weight excluding hydrogens is 400 g/mol. The van der Waals surface area contributed by atoms with E-state index in [4.69, 9.17) is 10.00 Å². The maximum atomic E-state index is 12.4. The molecule has 25 heavy (non-hydrogen) atoms. The van der Waals surface area contributed by atoms with Gasteiger partial charge in [0.25, 0.3) is 0 Å². The largest absolute Gasteiger partial charge is 0.356 e. The number of ether oxygens (including phenoxy) is 1. The topological polar surface area (TPSA) is 62.1 Å². The van der Waals surface area contributed by atoms with Crippen molar-refractivity contribution in [1.82, 2.24) is 5.32 Å². The van der Waals surface area contributed by atoms with Gasteiger partial charge in [0.2, 0.25) is 5.91 Å². The Balaban J connectivity index is 2.27. The van der Waals surface area contributed by atoms with Crippen LogP contribution in [0.5, 0.6) is 0 Å². The molecule has 1 aromatic carbocycles. The number of rotatable bonds is 8. The van der Waals surface area contributed by atoms with Gasteiger partial charge < -0.3 is 10.1 Å². The summed E-state index contributed by atoms with van der Waals surface area (Å²) >= 11 is 5.04. The fourth-order valence-corrected chi connectivity index (χ4v) is 3.41. The van der Waals surface area contributed by atoms with E-state index >= 15 is 0 Å². The van der Waals surface area contributed by atoms with E-state index < -0.39 is 6.10 Å². The van der Waals surface area contributed by atoms with Crippen molar-refractivity contribution in [2.75, 3.05) is 6.54 Å². The van der Waals surface area contributed by atoms with Crippen LogP contribution in [0.1, 0.15) is 37.5 Å². The first-order valence-electron chi connectivity index (χ1n) is 8.09. The van der Waals surface area contributed by atoms with Crippen molar-refractivity contribution in [3.05, 3.63) is 56.7 Å². The zero-order chi connectivity index (χ0) is 18.2. The molecule has 1 aromatic heterocycles. The van der Waals surface area contributed by atoms with Crippen molar-refractivity contribution in [3.63, 3.8) is 0 Å². The predicted molar refractivity (Wildman–Crippen MR) is 103 cm³/mol. The molecule has 0 aliphatic heterocycles. The van der Waals surface area contributed by atoms with Crippen LogP contribution in [0.4, 0.5) is 0 Å². The van der Waals surface area contributed by atoms with Crippen molar-refractivity contribution >= 4 is 33.2 Å². The monoisotopic (exact) mass is 420 g/mol. The average molecular weight is 421 g/mol. The van der Waals surface area contributed by atoms with E-state index in [1.165, 1.54) is 0 Å². The Morgan fingerprint density at radius 2 is 2.00 bits per heavy atom. The Hall–Kier alpha value is -1.68. The van der Waals surface area contributed by atoms with Crippen molar-refractivity contribution in [3.8, 4) is 6.07 Å². The van der Waals surface area contributed by atoms with Crippen molar-refractivity contribution in [1.29, 1.82) is 5.26 Å². The third-order valence-corrected chi connectivity index (χ3v) is 4.87. The Kier molecular flexibility index (Phi) is 7.63. The molecule has 4 nitrogen and oxygen atoms in total. The highest BCUT2D eigenvalue weighted by Gasteiger charge is 2.26. The minimum absolute atomic E-state index is 0.0157. The zero-order valence-electron chi connectivity index (χ0n) is 14.2. The highest BCUT2D eigenvalue weighted by Crippen LogP contribution is 2.31. The molecule has 6 heteroatoms. The molecule has 0 bridgehead atoms. The van der Waals surface area contributed by atoms with Gasteiger partial charge in [-0.15, -0.1) is 0 Å². The molecule has 132 valence electrons. The lowest BCUT2D eigenvalue weighted by atomic mass is 10.0. The first-order valence-corrected chi connectivity index (χ1v) is 9.82. The Labute approximate surface area is 160 Å². The SMILES string of the molecule is CC(C)C[C@H](O[C@@H](c1ccc(Br)cc1)c1ccsc1)C(=O)NCC#N. The Morgan fingerprint density at radius 1 is 1.28 bits per heavy atom. The average Bonchev–Trinajstić information content (AvgIpc) is 3.11. The molecule has 2 aromatic rings. The van der Waals surface area contributed by atoms with Crippen LogP contribution in [-0.4, -0.2) is 18.6 Å². The molecule has 2 rings (SSSR count). The summed E-state index contributed by atoms with van der Waals surface area (Å²) in [6, 6.07) is 11.9.